The Balaban J connectivity index is 1.53. The van der Waals surface area contributed by atoms with Gasteiger partial charge in [0.15, 0.2) is 6.61 Å². The number of aromatic nitrogens is 2. The van der Waals surface area contributed by atoms with Gasteiger partial charge >= 0.3 is 0 Å². The van der Waals surface area contributed by atoms with Gasteiger partial charge in [-0.2, -0.15) is 9.78 Å². The molecule has 1 N–H and O–H groups in total. The van der Waals surface area contributed by atoms with Crippen molar-refractivity contribution in [3.63, 3.8) is 0 Å². The van der Waals surface area contributed by atoms with Crippen LogP contribution in [0.3, 0.4) is 0 Å². The molecule has 0 aliphatic heterocycles. The fraction of sp³-hybridized carbons (Fsp3) is 0.133. The maximum atomic E-state index is 13.5. The lowest BCUT2D eigenvalue weighted by molar-refractivity contribution is -0.118. The Hall–Kier alpha value is -4.37. The molecule has 0 aliphatic rings. The average molecular weight is 587 g/mol. The average Bonchev–Trinajstić information content (AvgIpc) is 2.91. The maximum Gasteiger partial charge on any atom is 0.282 e. The Bertz CT molecular complexity index is 1800. The Morgan fingerprint density at radius 2 is 1.90 bits per heavy atom. The maximum absolute atomic E-state index is 13.5. The first-order chi connectivity index (χ1) is 18.8. The molecule has 5 aromatic rings. The second-order valence-electron chi connectivity index (χ2n) is 9.19. The van der Waals surface area contributed by atoms with Crippen molar-refractivity contribution in [1.29, 1.82) is 0 Å². The molecule has 0 bridgehead atoms. The van der Waals surface area contributed by atoms with E-state index >= 15 is 0 Å². The van der Waals surface area contributed by atoms with Gasteiger partial charge in [0.1, 0.15) is 17.4 Å². The Morgan fingerprint density at radius 1 is 1.08 bits per heavy atom. The largest absolute Gasteiger partial charge is 0.483 e. The van der Waals surface area contributed by atoms with Crippen molar-refractivity contribution in [3.05, 3.63) is 111 Å². The van der Waals surface area contributed by atoms with Crippen LogP contribution in [0.15, 0.2) is 93.2 Å². The van der Waals surface area contributed by atoms with Gasteiger partial charge in [0.25, 0.3) is 11.5 Å². The number of rotatable bonds is 7. The van der Waals surface area contributed by atoms with E-state index in [9.17, 15) is 14.0 Å². The summed E-state index contributed by atoms with van der Waals surface area (Å²) in [4.78, 5) is 30.7. The summed E-state index contributed by atoms with van der Waals surface area (Å²) in [5, 5.41) is 9.40. The van der Waals surface area contributed by atoms with Crippen LogP contribution in [0.1, 0.15) is 31.2 Å². The van der Waals surface area contributed by atoms with E-state index in [0.29, 0.717) is 33.7 Å². The third-order valence-electron chi connectivity index (χ3n) is 6.05. The van der Waals surface area contributed by atoms with E-state index in [1.165, 1.54) is 22.9 Å². The Kier molecular flexibility index (Phi) is 7.51. The molecule has 0 saturated heterocycles. The van der Waals surface area contributed by atoms with Gasteiger partial charge in [0.05, 0.1) is 17.1 Å². The minimum Gasteiger partial charge on any atom is -0.483 e. The number of carbonyl (C=O) groups excluding carboxylic acids is 1. The van der Waals surface area contributed by atoms with E-state index in [2.05, 4.69) is 26.3 Å². The highest BCUT2D eigenvalue weighted by Crippen LogP contribution is 2.27. The molecule has 0 aliphatic carbocycles. The summed E-state index contributed by atoms with van der Waals surface area (Å²) in [7, 11) is 0. The lowest BCUT2D eigenvalue weighted by atomic mass is 10.0. The number of halogens is 2. The lowest BCUT2D eigenvalue weighted by Crippen LogP contribution is -2.23. The molecule has 1 aromatic heterocycles. The van der Waals surface area contributed by atoms with Crippen LogP contribution >= 0.6 is 15.9 Å². The molecule has 196 valence electrons. The van der Waals surface area contributed by atoms with Crippen LogP contribution in [0.2, 0.25) is 0 Å². The van der Waals surface area contributed by atoms with Gasteiger partial charge in [-0.05, 0) is 53.2 Å². The van der Waals surface area contributed by atoms with Crippen molar-refractivity contribution in [3.8, 4) is 5.75 Å². The second kappa shape index (κ2) is 11.2. The standard InChI is InChI=1S/C30H24BrFN4O3/c1-18(2)29-35-26-12-11-20(31)14-24(26)30(38)36(29)33-16-25-23-9-4-3-6-19(23)10-13-27(25)39-17-28(37)34-22-8-5-7-21(32)15-22/h3-16,18H,17H2,1-2H3,(H,34,37). The van der Waals surface area contributed by atoms with E-state index in [1.807, 2.05) is 50.2 Å². The van der Waals surface area contributed by atoms with Gasteiger partial charge in [-0.15, -0.1) is 0 Å². The molecule has 0 unspecified atom stereocenters. The zero-order chi connectivity index (χ0) is 27.5. The molecule has 5 rings (SSSR count). The summed E-state index contributed by atoms with van der Waals surface area (Å²) >= 11 is 3.42. The molecule has 0 radical (unpaired) electrons. The first-order valence-corrected chi connectivity index (χ1v) is 13.1. The number of hydrogen-bond acceptors (Lipinski definition) is 5. The van der Waals surface area contributed by atoms with Crippen molar-refractivity contribution in [2.75, 3.05) is 11.9 Å². The van der Waals surface area contributed by atoms with Gasteiger partial charge in [-0.1, -0.05) is 66.2 Å². The van der Waals surface area contributed by atoms with Crippen LogP contribution in [0.5, 0.6) is 5.75 Å². The van der Waals surface area contributed by atoms with Crippen molar-refractivity contribution in [1.82, 2.24) is 9.66 Å². The lowest BCUT2D eigenvalue weighted by Gasteiger charge is -2.14. The van der Waals surface area contributed by atoms with Crippen molar-refractivity contribution >= 4 is 55.4 Å². The molecule has 4 aromatic carbocycles. The summed E-state index contributed by atoms with van der Waals surface area (Å²) in [6, 6.07) is 22.3. The number of hydrogen-bond donors (Lipinski definition) is 1. The highest BCUT2D eigenvalue weighted by atomic mass is 79.9. The van der Waals surface area contributed by atoms with Gasteiger partial charge in [0, 0.05) is 21.6 Å². The molecule has 1 heterocycles. The third-order valence-corrected chi connectivity index (χ3v) is 6.54. The molecule has 0 atom stereocenters. The van der Waals surface area contributed by atoms with E-state index in [4.69, 9.17) is 9.72 Å². The number of anilines is 1. The van der Waals surface area contributed by atoms with E-state index < -0.39 is 11.7 Å². The number of benzene rings is 4. The zero-order valence-electron chi connectivity index (χ0n) is 21.2. The molecule has 0 spiro atoms. The number of nitrogens with zero attached hydrogens (tertiary/aromatic N) is 3. The Labute approximate surface area is 232 Å². The van der Waals surface area contributed by atoms with Gasteiger partial charge in [-0.25, -0.2) is 9.37 Å². The highest BCUT2D eigenvalue weighted by Gasteiger charge is 2.15. The monoisotopic (exact) mass is 586 g/mol. The smallest absolute Gasteiger partial charge is 0.282 e. The first-order valence-electron chi connectivity index (χ1n) is 12.3. The van der Waals surface area contributed by atoms with Crippen LogP contribution in [0, 0.1) is 5.82 Å². The minimum atomic E-state index is -0.451. The number of amides is 1. The van der Waals surface area contributed by atoms with Gasteiger partial charge in [0.2, 0.25) is 0 Å². The second-order valence-corrected chi connectivity index (χ2v) is 10.1. The van der Waals surface area contributed by atoms with Crippen LogP contribution in [0.25, 0.3) is 21.7 Å². The van der Waals surface area contributed by atoms with Crippen LogP contribution in [-0.2, 0) is 4.79 Å². The van der Waals surface area contributed by atoms with Crippen molar-refractivity contribution < 1.29 is 13.9 Å². The Morgan fingerprint density at radius 3 is 2.69 bits per heavy atom. The fourth-order valence-electron chi connectivity index (χ4n) is 4.21. The van der Waals surface area contributed by atoms with Crippen LogP contribution in [-0.4, -0.2) is 28.4 Å². The number of ether oxygens (including phenoxy) is 1. The molecular weight excluding hydrogens is 563 g/mol. The predicted molar refractivity (Wildman–Crippen MR) is 155 cm³/mol. The summed E-state index contributed by atoms with van der Waals surface area (Å²) in [5.41, 5.74) is 1.23. The molecule has 1 amide bonds. The summed E-state index contributed by atoms with van der Waals surface area (Å²) in [6.45, 7) is 3.59. The predicted octanol–water partition coefficient (Wildman–Crippen LogP) is 6.47. The van der Waals surface area contributed by atoms with Gasteiger partial charge in [-0.3, -0.25) is 9.59 Å². The third kappa shape index (κ3) is 5.73. The molecule has 7 nitrogen and oxygen atoms in total. The van der Waals surface area contributed by atoms with E-state index in [1.54, 1.807) is 30.5 Å². The summed E-state index contributed by atoms with van der Waals surface area (Å²) in [6.07, 6.45) is 1.56. The number of fused-ring (bicyclic) bond motifs is 2. The topological polar surface area (TPSA) is 85.6 Å². The normalized spacial score (nSPS) is 11.5. The SMILES string of the molecule is CC(C)c1nc2ccc(Br)cc2c(=O)n1N=Cc1c(OCC(=O)Nc2cccc(F)c2)ccc2ccccc12. The van der Waals surface area contributed by atoms with Crippen LogP contribution < -0.4 is 15.6 Å². The van der Waals surface area contributed by atoms with E-state index in [-0.39, 0.29) is 18.1 Å². The highest BCUT2D eigenvalue weighted by molar-refractivity contribution is 9.10. The number of nitrogens with one attached hydrogen (secondary N) is 1. The molecule has 9 heteroatoms. The molecule has 0 saturated carbocycles. The first kappa shape index (κ1) is 26.2. The zero-order valence-corrected chi connectivity index (χ0v) is 22.8. The van der Waals surface area contributed by atoms with Gasteiger partial charge < -0.3 is 10.1 Å². The summed E-state index contributed by atoms with van der Waals surface area (Å²) in [5.74, 6) is -0.0454. The number of carbonyl (C=O) groups is 1. The van der Waals surface area contributed by atoms with Crippen LogP contribution in [0.4, 0.5) is 10.1 Å². The van der Waals surface area contributed by atoms with Crippen molar-refractivity contribution in [2.24, 2.45) is 5.10 Å². The minimum absolute atomic E-state index is 0.0716. The molecular formula is C30H24BrFN4O3. The van der Waals surface area contributed by atoms with E-state index in [0.717, 1.165) is 15.2 Å². The van der Waals surface area contributed by atoms with Crippen molar-refractivity contribution in [2.45, 2.75) is 19.8 Å². The summed E-state index contributed by atoms with van der Waals surface area (Å²) < 4.78 is 21.4. The molecule has 0 fully saturated rings. The molecule has 39 heavy (non-hydrogen) atoms. The quantitative estimate of drug-likeness (QED) is 0.221. The fourth-order valence-corrected chi connectivity index (χ4v) is 4.57.